The van der Waals surface area contributed by atoms with Gasteiger partial charge in [-0.1, -0.05) is 31.0 Å². The van der Waals surface area contributed by atoms with Gasteiger partial charge in [-0.05, 0) is 97.9 Å². The minimum atomic E-state index is -0.480. The Morgan fingerprint density at radius 3 is 2.73 bits per heavy atom. The lowest BCUT2D eigenvalue weighted by Gasteiger charge is -2.39. The number of rotatable bonds is 7. The minimum absolute atomic E-state index is 0.437. The quantitative estimate of drug-likeness (QED) is 0.397. The van der Waals surface area contributed by atoms with Crippen molar-refractivity contribution in [1.29, 1.82) is 5.26 Å². The van der Waals surface area contributed by atoms with E-state index in [0.29, 0.717) is 23.6 Å². The van der Waals surface area contributed by atoms with Crippen molar-refractivity contribution in [2.45, 2.75) is 64.0 Å². The van der Waals surface area contributed by atoms with Crippen LogP contribution in [0.15, 0.2) is 60.9 Å². The molecule has 37 heavy (non-hydrogen) atoms. The first kappa shape index (κ1) is 25.2. The first-order valence-electron chi connectivity index (χ1n) is 13.7. The van der Waals surface area contributed by atoms with E-state index in [1.807, 2.05) is 42.7 Å². The third-order valence-electron chi connectivity index (χ3n) is 8.09. The zero-order chi connectivity index (χ0) is 25.6. The molecule has 1 aromatic carbocycles. The first-order chi connectivity index (χ1) is 18.1. The molecule has 3 heterocycles. The summed E-state index contributed by atoms with van der Waals surface area (Å²) >= 11 is 0. The second-order valence-electron chi connectivity index (χ2n) is 10.7. The number of aromatic nitrogens is 2. The standard InChI is InChI=1S/C31H37N5O/c1-22(37)24-8-4-9-25(17-24)26-13-14-33-31(18-26)35-30-10-3-2-7-27(30)16-23-6-5-15-36(21-23)29-12-11-28(19-32)34-20-29/h4,8-9,11-14,17-18,20,22-23,27,30,37H,2-3,5-7,10,15-16,21H2,1H3,(H,33,35)/t22?,23?,27-,30+/m0/s1. The summed E-state index contributed by atoms with van der Waals surface area (Å²) in [5.74, 6) is 2.24. The number of piperidine rings is 1. The fraction of sp³-hybridized carbons (Fsp3) is 0.452. The van der Waals surface area contributed by atoms with Crippen molar-refractivity contribution in [3.8, 4) is 17.2 Å². The van der Waals surface area contributed by atoms with Crippen molar-refractivity contribution >= 4 is 11.5 Å². The lowest BCUT2D eigenvalue weighted by molar-refractivity contribution is 0.199. The molecule has 3 aromatic rings. The van der Waals surface area contributed by atoms with Crippen LogP contribution >= 0.6 is 0 Å². The van der Waals surface area contributed by atoms with Crippen LogP contribution in [0.1, 0.15) is 69.2 Å². The molecule has 0 radical (unpaired) electrons. The molecule has 2 fully saturated rings. The van der Waals surface area contributed by atoms with Crippen LogP contribution in [0.2, 0.25) is 0 Å². The Balaban J connectivity index is 1.25. The number of benzene rings is 1. The number of nitrogens with one attached hydrogen (secondary N) is 1. The van der Waals surface area contributed by atoms with Gasteiger partial charge in [-0.15, -0.1) is 0 Å². The Morgan fingerprint density at radius 1 is 1.05 bits per heavy atom. The molecular formula is C31H37N5O. The monoisotopic (exact) mass is 495 g/mol. The summed E-state index contributed by atoms with van der Waals surface area (Å²) in [5, 5.41) is 22.9. The number of hydrogen-bond donors (Lipinski definition) is 2. The van der Waals surface area contributed by atoms with E-state index in [1.165, 1.54) is 44.9 Å². The third kappa shape index (κ3) is 6.29. The zero-order valence-corrected chi connectivity index (χ0v) is 21.7. The maximum absolute atomic E-state index is 9.99. The van der Waals surface area contributed by atoms with Gasteiger partial charge < -0.3 is 15.3 Å². The summed E-state index contributed by atoms with van der Waals surface area (Å²) in [6.07, 6.45) is 12.0. The number of nitriles is 1. The van der Waals surface area contributed by atoms with Gasteiger partial charge in [-0.3, -0.25) is 0 Å². The number of hydrogen-bond acceptors (Lipinski definition) is 6. The zero-order valence-electron chi connectivity index (χ0n) is 21.7. The molecule has 1 aliphatic carbocycles. The van der Waals surface area contributed by atoms with E-state index in [-0.39, 0.29) is 0 Å². The molecule has 0 bridgehead atoms. The van der Waals surface area contributed by atoms with Gasteiger partial charge in [0, 0.05) is 25.3 Å². The van der Waals surface area contributed by atoms with Crippen molar-refractivity contribution in [3.05, 3.63) is 72.2 Å². The van der Waals surface area contributed by atoms with E-state index in [1.54, 1.807) is 6.92 Å². The highest BCUT2D eigenvalue weighted by atomic mass is 16.3. The van der Waals surface area contributed by atoms with Gasteiger partial charge in [0.15, 0.2) is 0 Å². The Morgan fingerprint density at radius 2 is 1.92 bits per heavy atom. The minimum Gasteiger partial charge on any atom is -0.389 e. The molecule has 1 saturated heterocycles. The second-order valence-corrected chi connectivity index (χ2v) is 10.7. The Kier molecular flexibility index (Phi) is 8.01. The lowest BCUT2D eigenvalue weighted by Crippen LogP contribution is -2.39. The van der Waals surface area contributed by atoms with Crippen molar-refractivity contribution in [1.82, 2.24) is 9.97 Å². The van der Waals surface area contributed by atoms with Crippen molar-refractivity contribution < 1.29 is 5.11 Å². The Bertz CT molecular complexity index is 1220. The van der Waals surface area contributed by atoms with Crippen molar-refractivity contribution in [2.24, 2.45) is 11.8 Å². The molecule has 5 rings (SSSR count). The van der Waals surface area contributed by atoms with Gasteiger partial charge in [0.1, 0.15) is 17.6 Å². The highest BCUT2D eigenvalue weighted by Gasteiger charge is 2.30. The van der Waals surface area contributed by atoms with Crippen LogP contribution in [0.3, 0.4) is 0 Å². The fourth-order valence-corrected chi connectivity index (χ4v) is 6.10. The topological polar surface area (TPSA) is 85.1 Å². The number of nitrogens with zero attached hydrogens (tertiary/aromatic N) is 4. The summed E-state index contributed by atoms with van der Waals surface area (Å²) in [7, 11) is 0. The third-order valence-corrected chi connectivity index (χ3v) is 8.09. The average Bonchev–Trinajstić information content (AvgIpc) is 2.94. The van der Waals surface area contributed by atoms with E-state index >= 15 is 0 Å². The van der Waals surface area contributed by atoms with E-state index < -0.39 is 6.10 Å². The normalized spacial score (nSPS) is 22.7. The SMILES string of the molecule is CC(O)c1cccc(-c2ccnc(N[C@@H]3CCCC[C@H]3CC3CCCN(c4ccc(C#N)nc4)C3)c2)c1. The molecule has 1 saturated carbocycles. The molecule has 6 heteroatoms. The fourth-order valence-electron chi connectivity index (χ4n) is 6.10. The molecule has 0 amide bonds. The van der Waals surface area contributed by atoms with Crippen LogP contribution in [0.4, 0.5) is 11.5 Å². The van der Waals surface area contributed by atoms with Crippen LogP contribution in [0, 0.1) is 23.2 Å². The molecule has 2 N–H and O–H groups in total. The molecule has 1 aliphatic heterocycles. The average molecular weight is 496 g/mol. The van der Waals surface area contributed by atoms with Crippen LogP contribution in [-0.2, 0) is 0 Å². The smallest absolute Gasteiger partial charge is 0.140 e. The van der Waals surface area contributed by atoms with E-state index in [4.69, 9.17) is 5.26 Å². The van der Waals surface area contributed by atoms with E-state index in [0.717, 1.165) is 41.3 Å². The molecule has 2 unspecified atom stereocenters. The number of aliphatic hydroxyl groups is 1. The van der Waals surface area contributed by atoms with Gasteiger partial charge in [0.05, 0.1) is 18.0 Å². The molecule has 4 atom stereocenters. The van der Waals surface area contributed by atoms with Gasteiger partial charge >= 0.3 is 0 Å². The van der Waals surface area contributed by atoms with Crippen molar-refractivity contribution in [2.75, 3.05) is 23.3 Å². The molecule has 6 nitrogen and oxygen atoms in total. The maximum atomic E-state index is 9.99. The molecule has 2 aromatic heterocycles. The van der Waals surface area contributed by atoms with Crippen LogP contribution in [0.5, 0.6) is 0 Å². The van der Waals surface area contributed by atoms with Gasteiger partial charge in [-0.2, -0.15) is 5.26 Å². The summed E-state index contributed by atoms with van der Waals surface area (Å²) in [6, 6.07) is 18.7. The number of anilines is 2. The molecular weight excluding hydrogens is 458 g/mol. The van der Waals surface area contributed by atoms with Crippen LogP contribution < -0.4 is 10.2 Å². The Labute approximate surface area is 220 Å². The summed E-state index contributed by atoms with van der Waals surface area (Å²) in [6.45, 7) is 3.92. The van der Waals surface area contributed by atoms with Gasteiger partial charge in [-0.25, -0.2) is 9.97 Å². The van der Waals surface area contributed by atoms with Crippen LogP contribution in [0.25, 0.3) is 11.1 Å². The van der Waals surface area contributed by atoms with Gasteiger partial charge in [0.25, 0.3) is 0 Å². The van der Waals surface area contributed by atoms with E-state index in [2.05, 4.69) is 44.5 Å². The highest BCUT2D eigenvalue weighted by Crippen LogP contribution is 2.35. The summed E-state index contributed by atoms with van der Waals surface area (Å²) < 4.78 is 0. The summed E-state index contributed by atoms with van der Waals surface area (Å²) in [5.41, 5.74) is 4.74. The first-order valence-corrected chi connectivity index (χ1v) is 13.7. The predicted octanol–water partition coefficient (Wildman–Crippen LogP) is 6.35. The maximum Gasteiger partial charge on any atom is 0.140 e. The molecule has 0 spiro atoms. The van der Waals surface area contributed by atoms with Crippen LogP contribution in [-0.4, -0.2) is 34.2 Å². The predicted molar refractivity (Wildman–Crippen MR) is 148 cm³/mol. The number of aliphatic hydroxyl groups excluding tert-OH is 1. The lowest BCUT2D eigenvalue weighted by atomic mass is 9.77. The van der Waals surface area contributed by atoms with Crippen molar-refractivity contribution in [3.63, 3.8) is 0 Å². The summed E-state index contributed by atoms with van der Waals surface area (Å²) in [4.78, 5) is 11.4. The Hall–Kier alpha value is -3.43. The molecule has 2 aliphatic rings. The highest BCUT2D eigenvalue weighted by molar-refractivity contribution is 5.67. The second kappa shape index (κ2) is 11.7. The number of pyridine rings is 2. The molecule has 192 valence electrons. The largest absolute Gasteiger partial charge is 0.389 e. The van der Waals surface area contributed by atoms with E-state index in [9.17, 15) is 5.11 Å². The van der Waals surface area contributed by atoms with Gasteiger partial charge in [0.2, 0.25) is 0 Å².